The van der Waals surface area contributed by atoms with Crippen LogP contribution in [0.4, 0.5) is 28.0 Å². The fraction of sp³-hybridized carbons (Fsp3) is 0.304. The summed E-state index contributed by atoms with van der Waals surface area (Å²) in [6, 6.07) is 12.6. The molecule has 1 saturated heterocycles. The molecular formula is C23H25ClN6O3S. The van der Waals surface area contributed by atoms with Crippen molar-refractivity contribution in [2.24, 2.45) is 0 Å². The van der Waals surface area contributed by atoms with Crippen molar-refractivity contribution >= 4 is 56.7 Å². The van der Waals surface area contributed by atoms with E-state index in [-0.39, 0.29) is 27.0 Å². The molecule has 0 bridgehead atoms. The number of carbonyl (C=O) groups excluding carboxylic acids is 1. The molecule has 2 heterocycles. The number of hydrogen-bond acceptors (Lipinski definition) is 9. The number of nitro benzene ring substituents is 1. The predicted molar refractivity (Wildman–Crippen MR) is 137 cm³/mol. The fourth-order valence-corrected chi connectivity index (χ4v) is 5.05. The third kappa shape index (κ3) is 5.14. The summed E-state index contributed by atoms with van der Waals surface area (Å²) in [5.74, 6) is -0.380. The second kappa shape index (κ2) is 9.96. The van der Waals surface area contributed by atoms with Crippen molar-refractivity contribution in [3.8, 4) is 0 Å². The first-order valence-electron chi connectivity index (χ1n) is 10.8. The van der Waals surface area contributed by atoms with Crippen LogP contribution in [0.5, 0.6) is 0 Å². The maximum Gasteiger partial charge on any atom is 0.288 e. The minimum absolute atomic E-state index is 0.0355. The van der Waals surface area contributed by atoms with Gasteiger partial charge in [-0.15, -0.1) is 0 Å². The molecule has 4 rings (SSSR count). The van der Waals surface area contributed by atoms with Gasteiger partial charge in [-0.25, -0.2) is 4.98 Å². The highest BCUT2D eigenvalue weighted by atomic mass is 35.5. The number of aromatic nitrogens is 1. The zero-order chi connectivity index (χ0) is 24.4. The van der Waals surface area contributed by atoms with Gasteiger partial charge in [-0.2, -0.15) is 0 Å². The minimum Gasteiger partial charge on any atom is -0.382 e. The van der Waals surface area contributed by atoms with Crippen molar-refractivity contribution in [2.45, 2.75) is 18.9 Å². The highest BCUT2D eigenvalue weighted by Gasteiger charge is 2.23. The molecule has 34 heavy (non-hydrogen) atoms. The van der Waals surface area contributed by atoms with Crippen LogP contribution in [-0.2, 0) is 0 Å². The van der Waals surface area contributed by atoms with Crippen molar-refractivity contribution in [3.05, 3.63) is 68.0 Å². The summed E-state index contributed by atoms with van der Waals surface area (Å²) in [6.45, 7) is 2.04. The molecule has 3 aromatic rings. The number of piperidine rings is 1. The van der Waals surface area contributed by atoms with Crippen LogP contribution in [0.1, 0.15) is 28.1 Å². The van der Waals surface area contributed by atoms with E-state index in [1.165, 1.54) is 17.8 Å². The van der Waals surface area contributed by atoms with Crippen LogP contribution in [0.25, 0.3) is 0 Å². The van der Waals surface area contributed by atoms with Crippen LogP contribution in [0, 0.1) is 10.1 Å². The molecule has 1 fully saturated rings. The van der Waals surface area contributed by atoms with Gasteiger partial charge < -0.3 is 20.9 Å². The Bertz CT molecular complexity index is 1210. The summed E-state index contributed by atoms with van der Waals surface area (Å²) in [4.78, 5) is 32.5. The van der Waals surface area contributed by atoms with E-state index in [9.17, 15) is 14.9 Å². The van der Waals surface area contributed by atoms with E-state index >= 15 is 0 Å². The Kier molecular flexibility index (Phi) is 7.01. The summed E-state index contributed by atoms with van der Waals surface area (Å²) >= 11 is 6.94. The van der Waals surface area contributed by atoms with Crippen LogP contribution in [0.3, 0.4) is 0 Å². The van der Waals surface area contributed by atoms with Crippen molar-refractivity contribution in [1.29, 1.82) is 0 Å². The molecule has 1 aliphatic rings. The Labute approximate surface area is 206 Å². The molecule has 0 amide bonds. The van der Waals surface area contributed by atoms with Crippen molar-refractivity contribution in [2.75, 3.05) is 43.1 Å². The number of nitrogen functional groups attached to an aromatic ring is 1. The van der Waals surface area contributed by atoms with Crippen molar-refractivity contribution < 1.29 is 9.72 Å². The van der Waals surface area contributed by atoms with Crippen LogP contribution in [-0.4, -0.2) is 53.8 Å². The van der Waals surface area contributed by atoms with Gasteiger partial charge in [-0.05, 0) is 63.3 Å². The normalized spacial score (nSPS) is 14.4. The van der Waals surface area contributed by atoms with Gasteiger partial charge in [-0.3, -0.25) is 14.9 Å². The van der Waals surface area contributed by atoms with Crippen LogP contribution in [0.2, 0.25) is 5.02 Å². The van der Waals surface area contributed by atoms with Gasteiger partial charge >= 0.3 is 0 Å². The van der Waals surface area contributed by atoms with Gasteiger partial charge in [-0.1, -0.05) is 22.9 Å². The van der Waals surface area contributed by atoms with Crippen LogP contribution >= 0.6 is 22.9 Å². The van der Waals surface area contributed by atoms with E-state index in [1.54, 1.807) is 0 Å². The number of thiazole rings is 1. The third-order valence-corrected chi connectivity index (χ3v) is 7.25. The minimum atomic E-state index is -0.629. The topological polar surface area (TPSA) is 118 Å². The SMILES string of the molecule is CN(C)C1CCN(c2ccc(Nc3nc(N)c(C(=O)c4ccc(Cl)c([N+](=O)[O-])c4)s3)cc2)CC1. The van der Waals surface area contributed by atoms with Gasteiger partial charge in [0.1, 0.15) is 15.7 Å². The summed E-state index contributed by atoms with van der Waals surface area (Å²) in [6.07, 6.45) is 2.28. The predicted octanol–water partition coefficient (Wildman–Crippen LogP) is 4.79. The van der Waals surface area contributed by atoms with Crippen molar-refractivity contribution in [1.82, 2.24) is 9.88 Å². The molecule has 1 aromatic heterocycles. The van der Waals surface area contributed by atoms with E-state index in [0.29, 0.717) is 11.2 Å². The first kappa shape index (κ1) is 23.9. The largest absolute Gasteiger partial charge is 0.382 e. The number of nitro groups is 1. The Morgan fingerprint density at radius 1 is 1.24 bits per heavy atom. The molecule has 0 radical (unpaired) electrons. The number of nitrogens with one attached hydrogen (secondary N) is 1. The molecule has 9 nitrogen and oxygen atoms in total. The van der Waals surface area contributed by atoms with Crippen LogP contribution in [0.15, 0.2) is 42.5 Å². The number of carbonyl (C=O) groups is 1. The molecule has 0 saturated carbocycles. The highest BCUT2D eigenvalue weighted by molar-refractivity contribution is 7.18. The lowest BCUT2D eigenvalue weighted by molar-refractivity contribution is -0.384. The smallest absolute Gasteiger partial charge is 0.288 e. The van der Waals surface area contributed by atoms with E-state index in [1.807, 2.05) is 12.1 Å². The molecule has 178 valence electrons. The quantitative estimate of drug-likeness (QED) is 0.270. The first-order valence-corrected chi connectivity index (χ1v) is 12.0. The molecule has 11 heteroatoms. The first-order chi connectivity index (χ1) is 16.2. The average molecular weight is 501 g/mol. The van der Waals surface area contributed by atoms with E-state index in [4.69, 9.17) is 17.3 Å². The Balaban J connectivity index is 1.44. The molecule has 0 aliphatic carbocycles. The number of benzene rings is 2. The lowest BCUT2D eigenvalue weighted by Crippen LogP contribution is -2.41. The van der Waals surface area contributed by atoms with Gasteiger partial charge in [0.05, 0.1) is 4.92 Å². The summed E-state index contributed by atoms with van der Waals surface area (Å²) in [5.41, 5.74) is 7.76. The fourth-order valence-electron chi connectivity index (χ4n) is 3.99. The second-order valence-corrected chi connectivity index (χ2v) is 9.75. The van der Waals surface area contributed by atoms with Gasteiger partial charge in [0.25, 0.3) is 5.69 Å². The molecule has 0 unspecified atom stereocenters. The average Bonchev–Trinajstić information content (AvgIpc) is 3.19. The standard InChI is InChI=1S/C23H25ClN6O3S/c1-28(2)16-9-11-29(12-10-16)17-6-4-15(5-7-17)26-23-27-22(25)21(34-23)20(31)14-3-8-18(24)19(13-14)30(32)33/h3-8,13,16H,9-12,25H2,1-2H3,(H,26,27). The van der Waals surface area contributed by atoms with E-state index < -0.39 is 10.7 Å². The Morgan fingerprint density at radius 3 is 2.53 bits per heavy atom. The molecular weight excluding hydrogens is 476 g/mol. The monoisotopic (exact) mass is 500 g/mol. The number of hydrogen-bond donors (Lipinski definition) is 2. The van der Waals surface area contributed by atoms with Crippen LogP contribution < -0.4 is 16.0 Å². The van der Waals surface area contributed by atoms with Gasteiger partial charge in [0.2, 0.25) is 5.78 Å². The Hall–Kier alpha value is -3.21. The number of rotatable bonds is 7. The number of nitrogens with zero attached hydrogens (tertiary/aromatic N) is 4. The zero-order valence-corrected chi connectivity index (χ0v) is 20.4. The second-order valence-electron chi connectivity index (χ2n) is 8.34. The number of nitrogens with two attached hydrogens (primary N) is 1. The maximum absolute atomic E-state index is 12.9. The maximum atomic E-state index is 12.9. The molecule has 1 aliphatic heterocycles. The van der Waals surface area contributed by atoms with Gasteiger partial charge in [0.15, 0.2) is 5.13 Å². The van der Waals surface area contributed by atoms with E-state index in [0.717, 1.165) is 49.0 Å². The highest BCUT2D eigenvalue weighted by Crippen LogP contribution is 2.32. The lowest BCUT2D eigenvalue weighted by Gasteiger charge is -2.36. The number of ketones is 1. The van der Waals surface area contributed by atoms with E-state index in [2.05, 4.69) is 46.3 Å². The third-order valence-electron chi connectivity index (χ3n) is 5.94. The molecule has 0 atom stereocenters. The number of anilines is 4. The summed E-state index contributed by atoms with van der Waals surface area (Å²) < 4.78 is 0. The molecule has 3 N–H and O–H groups in total. The lowest BCUT2D eigenvalue weighted by atomic mass is 10.0. The molecule has 0 spiro atoms. The summed E-state index contributed by atoms with van der Waals surface area (Å²) in [5, 5.41) is 14.7. The Morgan fingerprint density at radius 2 is 1.91 bits per heavy atom. The summed E-state index contributed by atoms with van der Waals surface area (Å²) in [7, 11) is 4.26. The zero-order valence-electron chi connectivity index (χ0n) is 18.8. The van der Waals surface area contributed by atoms with Gasteiger partial charge in [0, 0.05) is 42.1 Å². The van der Waals surface area contributed by atoms with Crippen molar-refractivity contribution in [3.63, 3.8) is 0 Å². The molecule has 2 aromatic carbocycles. The number of halogens is 1.